The van der Waals surface area contributed by atoms with E-state index in [1.165, 1.54) is 4.90 Å². The minimum absolute atomic E-state index is 0.138. The fourth-order valence-corrected chi connectivity index (χ4v) is 2.25. The Morgan fingerprint density at radius 2 is 1.89 bits per heavy atom. The second kappa shape index (κ2) is 4.39. The first-order chi connectivity index (χ1) is 9.19. The maximum atomic E-state index is 12.1. The molecule has 5 heteroatoms. The van der Waals surface area contributed by atoms with Crippen LogP contribution in [-0.2, 0) is 11.3 Å². The van der Waals surface area contributed by atoms with E-state index in [0.717, 1.165) is 18.4 Å². The molecule has 1 aromatic rings. The molecule has 5 nitrogen and oxygen atoms in total. The summed E-state index contributed by atoms with van der Waals surface area (Å²) < 4.78 is 0. The number of amides is 3. The van der Waals surface area contributed by atoms with Gasteiger partial charge in [0.15, 0.2) is 0 Å². The molecule has 96 valence electrons. The number of carbonyl (C=O) groups is 2. The Hall–Kier alpha value is -2.35. The number of nitrogens with zero attached hydrogens (tertiary/aromatic N) is 3. The monoisotopic (exact) mass is 255 g/mol. The molecular weight excluding hydrogens is 242 g/mol. The van der Waals surface area contributed by atoms with Crippen molar-refractivity contribution in [1.29, 1.82) is 5.26 Å². The van der Waals surface area contributed by atoms with Gasteiger partial charge in [-0.05, 0) is 30.5 Å². The minimum Gasteiger partial charge on any atom is -0.312 e. The Morgan fingerprint density at radius 1 is 1.21 bits per heavy atom. The first-order valence-electron chi connectivity index (χ1n) is 6.29. The van der Waals surface area contributed by atoms with Crippen LogP contribution in [-0.4, -0.2) is 34.3 Å². The number of benzene rings is 1. The van der Waals surface area contributed by atoms with E-state index in [1.54, 1.807) is 29.2 Å². The Labute approximate surface area is 111 Å². The highest BCUT2D eigenvalue weighted by molar-refractivity contribution is 6.02. The summed E-state index contributed by atoms with van der Waals surface area (Å²) in [6.45, 7) is 0.492. The number of hydrogen-bond donors (Lipinski definition) is 0. The fraction of sp³-hybridized carbons (Fsp3) is 0.357. The van der Waals surface area contributed by atoms with Crippen LogP contribution in [0, 0.1) is 11.3 Å². The molecule has 2 aliphatic rings. The Bertz CT molecular complexity index is 569. The normalized spacial score (nSPS) is 18.9. The van der Waals surface area contributed by atoms with Crippen molar-refractivity contribution in [2.75, 3.05) is 6.54 Å². The van der Waals surface area contributed by atoms with Gasteiger partial charge in [-0.2, -0.15) is 5.26 Å². The van der Waals surface area contributed by atoms with Crippen LogP contribution in [0.2, 0.25) is 0 Å². The predicted molar refractivity (Wildman–Crippen MR) is 66.8 cm³/mol. The van der Waals surface area contributed by atoms with Crippen LogP contribution in [0.3, 0.4) is 0 Å². The lowest BCUT2D eigenvalue weighted by molar-refractivity contribution is -0.125. The third kappa shape index (κ3) is 2.17. The average molecular weight is 255 g/mol. The van der Waals surface area contributed by atoms with Crippen molar-refractivity contribution in [2.45, 2.75) is 25.4 Å². The van der Waals surface area contributed by atoms with E-state index in [-0.39, 0.29) is 31.1 Å². The van der Waals surface area contributed by atoms with Gasteiger partial charge in [0.2, 0.25) is 0 Å². The van der Waals surface area contributed by atoms with Gasteiger partial charge in [-0.15, -0.1) is 0 Å². The van der Waals surface area contributed by atoms with Crippen LogP contribution < -0.4 is 0 Å². The maximum Gasteiger partial charge on any atom is 0.327 e. The highest BCUT2D eigenvalue weighted by Gasteiger charge is 2.43. The largest absolute Gasteiger partial charge is 0.327 e. The third-order valence-electron chi connectivity index (χ3n) is 3.49. The van der Waals surface area contributed by atoms with E-state index < -0.39 is 0 Å². The molecule has 1 saturated heterocycles. The van der Waals surface area contributed by atoms with Crippen molar-refractivity contribution in [3.63, 3.8) is 0 Å². The van der Waals surface area contributed by atoms with E-state index >= 15 is 0 Å². The average Bonchev–Trinajstić information content (AvgIpc) is 3.22. The quantitative estimate of drug-likeness (QED) is 0.768. The maximum absolute atomic E-state index is 12.1. The van der Waals surface area contributed by atoms with Crippen LogP contribution in [0.4, 0.5) is 4.79 Å². The molecule has 2 fully saturated rings. The van der Waals surface area contributed by atoms with Crippen molar-refractivity contribution in [3.8, 4) is 6.07 Å². The fourth-order valence-electron chi connectivity index (χ4n) is 2.25. The van der Waals surface area contributed by atoms with Gasteiger partial charge in [0, 0.05) is 6.04 Å². The number of hydrogen-bond acceptors (Lipinski definition) is 3. The third-order valence-corrected chi connectivity index (χ3v) is 3.49. The lowest BCUT2D eigenvalue weighted by Crippen LogP contribution is -2.33. The number of imide groups is 1. The highest BCUT2D eigenvalue weighted by atomic mass is 16.2. The number of carbonyl (C=O) groups excluding carboxylic acids is 2. The molecule has 1 aliphatic heterocycles. The topological polar surface area (TPSA) is 64.4 Å². The minimum atomic E-state index is -0.183. The summed E-state index contributed by atoms with van der Waals surface area (Å²) in [5.41, 5.74) is 1.43. The summed E-state index contributed by atoms with van der Waals surface area (Å²) >= 11 is 0. The standard InChI is InChI=1S/C14H13N3O2/c15-7-10-1-3-11(4-2-10)8-17-13(18)9-16(14(17)19)12-5-6-12/h1-4,12H,5-6,8-9H2. The lowest BCUT2D eigenvalue weighted by atomic mass is 10.1. The van der Waals surface area contributed by atoms with E-state index in [2.05, 4.69) is 0 Å². The first kappa shape index (κ1) is 11.7. The highest BCUT2D eigenvalue weighted by Crippen LogP contribution is 2.30. The molecule has 1 heterocycles. The van der Waals surface area contributed by atoms with Gasteiger partial charge in [0.05, 0.1) is 18.2 Å². The molecule has 0 spiro atoms. The number of rotatable bonds is 3. The van der Waals surface area contributed by atoms with Crippen LogP contribution in [0.25, 0.3) is 0 Å². The molecule has 0 bridgehead atoms. The molecular formula is C14H13N3O2. The van der Waals surface area contributed by atoms with Crippen molar-refractivity contribution >= 4 is 11.9 Å². The van der Waals surface area contributed by atoms with Gasteiger partial charge in [-0.1, -0.05) is 12.1 Å². The summed E-state index contributed by atoms with van der Waals surface area (Å²) in [5, 5.41) is 8.72. The van der Waals surface area contributed by atoms with Crippen molar-refractivity contribution in [2.24, 2.45) is 0 Å². The van der Waals surface area contributed by atoms with Gasteiger partial charge in [0.1, 0.15) is 6.54 Å². The predicted octanol–water partition coefficient (Wildman–Crippen LogP) is 1.48. The number of nitriles is 1. The van der Waals surface area contributed by atoms with Crippen LogP contribution in [0.15, 0.2) is 24.3 Å². The van der Waals surface area contributed by atoms with E-state index in [9.17, 15) is 9.59 Å². The second-order valence-corrected chi connectivity index (χ2v) is 4.93. The van der Waals surface area contributed by atoms with Gasteiger partial charge in [-0.3, -0.25) is 9.69 Å². The van der Waals surface area contributed by atoms with E-state index in [4.69, 9.17) is 5.26 Å². The molecule has 0 N–H and O–H groups in total. The Kier molecular flexibility index (Phi) is 2.71. The molecule has 0 atom stereocenters. The Morgan fingerprint density at radius 3 is 2.47 bits per heavy atom. The van der Waals surface area contributed by atoms with Gasteiger partial charge in [-0.25, -0.2) is 4.79 Å². The van der Waals surface area contributed by atoms with Gasteiger partial charge < -0.3 is 4.90 Å². The zero-order valence-corrected chi connectivity index (χ0v) is 10.4. The first-order valence-corrected chi connectivity index (χ1v) is 6.29. The van der Waals surface area contributed by atoms with Crippen molar-refractivity contribution in [3.05, 3.63) is 35.4 Å². The summed E-state index contributed by atoms with van der Waals surface area (Å²) in [7, 11) is 0. The molecule has 0 radical (unpaired) electrons. The molecule has 3 rings (SSSR count). The van der Waals surface area contributed by atoms with Crippen LogP contribution in [0.1, 0.15) is 24.0 Å². The summed E-state index contributed by atoms with van der Waals surface area (Å²) in [6, 6.07) is 9.06. The lowest BCUT2D eigenvalue weighted by Gasteiger charge is -2.16. The molecule has 1 aromatic carbocycles. The summed E-state index contributed by atoms with van der Waals surface area (Å²) in [4.78, 5) is 26.9. The second-order valence-electron chi connectivity index (χ2n) is 4.93. The van der Waals surface area contributed by atoms with Crippen LogP contribution >= 0.6 is 0 Å². The molecule has 19 heavy (non-hydrogen) atoms. The molecule has 3 amide bonds. The van der Waals surface area contributed by atoms with E-state index in [0.29, 0.717) is 5.56 Å². The summed E-state index contributed by atoms with van der Waals surface area (Å²) in [6.07, 6.45) is 2.01. The SMILES string of the molecule is N#Cc1ccc(CN2C(=O)CN(C3CC3)C2=O)cc1. The van der Waals surface area contributed by atoms with Crippen molar-refractivity contribution in [1.82, 2.24) is 9.80 Å². The zero-order valence-electron chi connectivity index (χ0n) is 10.4. The summed E-state index contributed by atoms with van der Waals surface area (Å²) in [5.74, 6) is -0.138. The van der Waals surface area contributed by atoms with E-state index in [1.807, 2.05) is 6.07 Å². The molecule has 0 aromatic heterocycles. The van der Waals surface area contributed by atoms with Gasteiger partial charge in [0.25, 0.3) is 5.91 Å². The Balaban J connectivity index is 1.73. The molecule has 0 unspecified atom stereocenters. The smallest absolute Gasteiger partial charge is 0.312 e. The zero-order chi connectivity index (χ0) is 13.4. The van der Waals surface area contributed by atoms with Gasteiger partial charge >= 0.3 is 6.03 Å². The molecule has 1 saturated carbocycles. The van der Waals surface area contributed by atoms with Crippen LogP contribution in [0.5, 0.6) is 0 Å². The number of urea groups is 1. The molecule has 1 aliphatic carbocycles. The van der Waals surface area contributed by atoms with Crippen molar-refractivity contribution < 1.29 is 9.59 Å².